The van der Waals surface area contributed by atoms with E-state index in [4.69, 9.17) is 16.3 Å². The van der Waals surface area contributed by atoms with E-state index in [1.54, 1.807) is 0 Å². The number of hydrogen-bond donors (Lipinski definition) is 1. The Labute approximate surface area is 158 Å². The number of nitrogens with zero attached hydrogens (tertiary/aromatic N) is 1. The Balaban J connectivity index is 1.45. The third kappa shape index (κ3) is 3.79. The highest BCUT2D eigenvalue weighted by atomic mass is 35.5. The maximum Gasteiger partial charge on any atom is 0.228 e. The van der Waals surface area contributed by atoms with Gasteiger partial charge >= 0.3 is 0 Å². The molecule has 3 aliphatic rings. The molecule has 3 heterocycles. The van der Waals surface area contributed by atoms with Gasteiger partial charge in [-0.05, 0) is 54.7 Å². The summed E-state index contributed by atoms with van der Waals surface area (Å²) in [5.41, 5.74) is 2.24. The van der Waals surface area contributed by atoms with Crippen LogP contribution >= 0.6 is 23.4 Å². The Hall–Kier alpha value is -0.910. The number of halogens is 1. The molecule has 2 unspecified atom stereocenters. The van der Waals surface area contributed by atoms with Crippen molar-refractivity contribution in [3.05, 3.63) is 23.8 Å². The van der Waals surface area contributed by atoms with Gasteiger partial charge in [-0.3, -0.25) is 4.79 Å². The lowest BCUT2D eigenvalue weighted by atomic mass is 9.80. The van der Waals surface area contributed by atoms with Gasteiger partial charge in [0.15, 0.2) is 0 Å². The first-order valence-electron chi connectivity index (χ1n) is 9.22. The van der Waals surface area contributed by atoms with Gasteiger partial charge in [-0.2, -0.15) is 11.8 Å². The summed E-state index contributed by atoms with van der Waals surface area (Å²) in [4.78, 5) is 14.7. The molecule has 3 aliphatic heterocycles. The summed E-state index contributed by atoms with van der Waals surface area (Å²) >= 11 is 7.72. The number of alkyl halides is 1. The SMILES string of the molecule is O=C1Nc2ccc(OC3CCN(CCCl)CC3)cc2C2CCSCC12. The zero-order valence-corrected chi connectivity index (χ0v) is 16.0. The number of likely N-dealkylation sites (tertiary alicyclic amines) is 1. The van der Waals surface area contributed by atoms with Gasteiger partial charge in [0.05, 0.1) is 5.92 Å². The Bertz CT molecular complexity index is 634. The molecule has 136 valence electrons. The second-order valence-corrected chi connectivity index (χ2v) is 8.69. The van der Waals surface area contributed by atoms with Crippen LogP contribution in [-0.2, 0) is 4.79 Å². The van der Waals surface area contributed by atoms with Crippen molar-refractivity contribution in [2.24, 2.45) is 5.92 Å². The van der Waals surface area contributed by atoms with E-state index in [-0.39, 0.29) is 17.9 Å². The number of thioether (sulfide) groups is 1. The van der Waals surface area contributed by atoms with Crippen LogP contribution in [0.4, 0.5) is 5.69 Å². The summed E-state index contributed by atoms with van der Waals surface area (Å²) in [6, 6.07) is 6.19. The molecular formula is C19H25ClN2O2S. The first-order valence-corrected chi connectivity index (χ1v) is 10.9. The van der Waals surface area contributed by atoms with Gasteiger partial charge in [-0.1, -0.05) is 0 Å². The summed E-state index contributed by atoms with van der Waals surface area (Å²) in [7, 11) is 0. The summed E-state index contributed by atoms with van der Waals surface area (Å²) in [6.45, 7) is 3.08. The minimum Gasteiger partial charge on any atom is -0.490 e. The predicted octanol–water partition coefficient (Wildman–Crippen LogP) is 3.56. The normalized spacial score (nSPS) is 27.3. The lowest BCUT2D eigenvalue weighted by molar-refractivity contribution is -0.120. The molecule has 2 saturated heterocycles. The van der Waals surface area contributed by atoms with E-state index in [0.717, 1.165) is 61.8 Å². The first-order chi connectivity index (χ1) is 12.2. The van der Waals surface area contributed by atoms with Crippen molar-refractivity contribution in [1.29, 1.82) is 0 Å². The maximum absolute atomic E-state index is 12.3. The zero-order chi connectivity index (χ0) is 17.2. The van der Waals surface area contributed by atoms with E-state index in [0.29, 0.717) is 11.8 Å². The lowest BCUT2D eigenvalue weighted by Crippen LogP contribution is -2.39. The van der Waals surface area contributed by atoms with E-state index in [1.165, 1.54) is 5.56 Å². The number of amides is 1. The molecule has 0 spiro atoms. The van der Waals surface area contributed by atoms with Gasteiger partial charge in [0.1, 0.15) is 11.9 Å². The lowest BCUT2D eigenvalue weighted by Gasteiger charge is -2.36. The highest BCUT2D eigenvalue weighted by Gasteiger charge is 2.37. The number of hydrogen-bond acceptors (Lipinski definition) is 4. The van der Waals surface area contributed by atoms with Gasteiger partial charge in [-0.25, -0.2) is 0 Å². The average molecular weight is 381 g/mol. The predicted molar refractivity (Wildman–Crippen MR) is 104 cm³/mol. The molecule has 6 heteroatoms. The number of carbonyl (C=O) groups is 1. The van der Waals surface area contributed by atoms with Crippen molar-refractivity contribution in [2.75, 3.05) is 42.3 Å². The molecule has 1 amide bonds. The number of fused-ring (bicyclic) bond motifs is 3. The van der Waals surface area contributed by atoms with E-state index in [1.807, 2.05) is 23.9 Å². The van der Waals surface area contributed by atoms with Crippen molar-refractivity contribution < 1.29 is 9.53 Å². The number of ether oxygens (including phenoxy) is 1. The van der Waals surface area contributed by atoms with Gasteiger partial charge in [0.25, 0.3) is 0 Å². The summed E-state index contributed by atoms with van der Waals surface area (Å²) in [5, 5.41) is 3.08. The molecule has 25 heavy (non-hydrogen) atoms. The molecule has 4 rings (SSSR count). The highest BCUT2D eigenvalue weighted by molar-refractivity contribution is 7.99. The summed E-state index contributed by atoms with van der Waals surface area (Å²) in [6.07, 6.45) is 3.46. The average Bonchev–Trinajstić information content (AvgIpc) is 2.64. The molecule has 1 aromatic rings. The van der Waals surface area contributed by atoms with Crippen molar-refractivity contribution in [2.45, 2.75) is 31.3 Å². The quantitative estimate of drug-likeness (QED) is 0.811. The fourth-order valence-electron chi connectivity index (χ4n) is 4.19. The monoisotopic (exact) mass is 380 g/mol. The fraction of sp³-hybridized carbons (Fsp3) is 0.632. The second-order valence-electron chi connectivity index (χ2n) is 7.16. The van der Waals surface area contributed by atoms with Gasteiger partial charge in [0.2, 0.25) is 5.91 Å². The van der Waals surface area contributed by atoms with Crippen LogP contribution in [0.2, 0.25) is 0 Å². The molecule has 2 atom stereocenters. The molecule has 2 fully saturated rings. The molecule has 0 aliphatic carbocycles. The van der Waals surface area contributed by atoms with Crippen LogP contribution < -0.4 is 10.1 Å². The Morgan fingerprint density at radius 3 is 2.88 bits per heavy atom. The maximum atomic E-state index is 12.3. The topological polar surface area (TPSA) is 41.6 Å². The van der Waals surface area contributed by atoms with Crippen LogP contribution in [0.15, 0.2) is 18.2 Å². The minimum atomic E-state index is 0.111. The van der Waals surface area contributed by atoms with Crippen LogP contribution in [0.5, 0.6) is 5.75 Å². The second kappa shape index (κ2) is 7.77. The van der Waals surface area contributed by atoms with Crippen LogP contribution in [0.3, 0.4) is 0 Å². The number of benzene rings is 1. The third-order valence-electron chi connectivity index (χ3n) is 5.61. The van der Waals surface area contributed by atoms with E-state index in [9.17, 15) is 4.79 Å². The van der Waals surface area contributed by atoms with E-state index >= 15 is 0 Å². The van der Waals surface area contributed by atoms with Gasteiger partial charge in [0, 0.05) is 37.0 Å². The number of rotatable bonds is 4. The molecule has 1 aromatic carbocycles. The van der Waals surface area contributed by atoms with Crippen LogP contribution in [-0.4, -0.2) is 53.9 Å². The molecule has 1 N–H and O–H groups in total. The molecule has 0 saturated carbocycles. The van der Waals surface area contributed by atoms with E-state index in [2.05, 4.69) is 16.3 Å². The van der Waals surface area contributed by atoms with Gasteiger partial charge < -0.3 is 15.0 Å². The van der Waals surface area contributed by atoms with Crippen molar-refractivity contribution >= 4 is 35.0 Å². The minimum absolute atomic E-state index is 0.111. The van der Waals surface area contributed by atoms with Crippen molar-refractivity contribution in [3.63, 3.8) is 0 Å². The number of nitrogens with one attached hydrogen (secondary N) is 1. The molecule has 0 aromatic heterocycles. The molecule has 0 radical (unpaired) electrons. The summed E-state index contributed by atoms with van der Waals surface area (Å²) in [5.74, 6) is 4.35. The van der Waals surface area contributed by atoms with Gasteiger partial charge in [-0.15, -0.1) is 11.6 Å². The number of anilines is 1. The molecule has 4 nitrogen and oxygen atoms in total. The molecule has 0 bridgehead atoms. The first kappa shape index (κ1) is 17.5. The summed E-state index contributed by atoms with van der Waals surface area (Å²) < 4.78 is 6.28. The van der Waals surface area contributed by atoms with Crippen LogP contribution in [0, 0.1) is 5.92 Å². The van der Waals surface area contributed by atoms with Crippen LogP contribution in [0.1, 0.15) is 30.7 Å². The number of carbonyl (C=O) groups excluding carboxylic acids is 1. The Kier molecular flexibility index (Phi) is 5.44. The van der Waals surface area contributed by atoms with Crippen molar-refractivity contribution in [1.82, 2.24) is 4.90 Å². The smallest absolute Gasteiger partial charge is 0.228 e. The fourth-order valence-corrected chi connectivity index (χ4v) is 5.66. The highest BCUT2D eigenvalue weighted by Crippen LogP contribution is 2.44. The van der Waals surface area contributed by atoms with E-state index < -0.39 is 0 Å². The molecular weight excluding hydrogens is 356 g/mol. The number of piperidine rings is 1. The van der Waals surface area contributed by atoms with Crippen LogP contribution in [0.25, 0.3) is 0 Å². The largest absolute Gasteiger partial charge is 0.490 e. The Morgan fingerprint density at radius 1 is 1.24 bits per heavy atom. The Morgan fingerprint density at radius 2 is 2.08 bits per heavy atom. The standard InChI is InChI=1S/C19H25ClN2O2S/c20-6-9-22-7-3-13(4-8-22)24-14-1-2-18-16(11-14)15-5-10-25-12-17(15)19(23)21-18/h1-2,11,13,15,17H,3-10,12H2,(H,21,23). The third-order valence-corrected chi connectivity index (χ3v) is 6.90. The van der Waals surface area contributed by atoms with Crippen molar-refractivity contribution in [3.8, 4) is 5.75 Å². The zero-order valence-electron chi connectivity index (χ0n) is 14.4.